The molecule has 2 N–H and O–H groups in total. The van der Waals surface area contributed by atoms with Gasteiger partial charge in [-0.15, -0.1) is 0 Å². The van der Waals surface area contributed by atoms with Gasteiger partial charge in [0.2, 0.25) is 5.91 Å². The zero-order valence-corrected chi connectivity index (χ0v) is 16.2. The summed E-state index contributed by atoms with van der Waals surface area (Å²) in [4.78, 5) is 40.3. The predicted octanol–water partition coefficient (Wildman–Crippen LogP) is 0.603. The normalized spacial score (nSPS) is 22.3. The minimum absolute atomic E-state index is 0.0213. The molecule has 1 aromatic carbocycles. The second-order valence-electron chi connectivity index (χ2n) is 8.03. The number of hydrogen-bond donors (Lipinski definition) is 2. The molecule has 4 rings (SSSR count). The fraction of sp³-hybridized carbons (Fsp3) is 0.571. The molecule has 3 amide bonds. The second-order valence-corrected chi connectivity index (χ2v) is 8.03. The first-order valence-electron chi connectivity index (χ1n) is 10.3. The maximum Gasteiger partial charge on any atom is 0.311 e. The lowest BCUT2D eigenvalue weighted by Crippen LogP contribution is -2.54. The molecule has 1 aliphatic heterocycles. The molecule has 150 valence electrons. The highest BCUT2D eigenvalue weighted by Crippen LogP contribution is 2.29. The number of benzene rings is 1. The van der Waals surface area contributed by atoms with E-state index in [1.165, 1.54) is 11.1 Å². The molecule has 2 fully saturated rings. The number of nitrogens with one attached hydrogen (secondary N) is 2. The number of carbonyl (C=O) groups excluding carboxylic acids is 3. The van der Waals surface area contributed by atoms with E-state index in [4.69, 9.17) is 0 Å². The molecule has 28 heavy (non-hydrogen) atoms. The van der Waals surface area contributed by atoms with E-state index in [2.05, 4.69) is 28.8 Å². The van der Waals surface area contributed by atoms with Crippen LogP contribution in [0.5, 0.6) is 0 Å². The minimum atomic E-state index is -0.496. The molecule has 7 nitrogen and oxygen atoms in total. The van der Waals surface area contributed by atoms with Gasteiger partial charge in [0, 0.05) is 32.2 Å². The topological polar surface area (TPSA) is 81.8 Å². The van der Waals surface area contributed by atoms with Gasteiger partial charge >= 0.3 is 11.8 Å². The number of amides is 3. The monoisotopic (exact) mass is 384 g/mol. The second kappa shape index (κ2) is 8.31. The van der Waals surface area contributed by atoms with E-state index >= 15 is 0 Å². The standard InChI is InChI=1S/C21H28N4O3/c26-19(23-18-7-3-5-15-4-1-2-6-17(15)18)14-24-10-12-25(13-11-24)21(28)20(27)22-16-8-9-16/h1-2,4,6,16,18H,3,5,7-14H2,(H,22,27)(H,23,26). The molecule has 2 aliphatic carbocycles. The molecule has 7 heteroatoms. The van der Waals surface area contributed by atoms with Crippen LogP contribution >= 0.6 is 0 Å². The summed E-state index contributed by atoms with van der Waals surface area (Å²) in [6, 6.07) is 8.60. The highest BCUT2D eigenvalue weighted by atomic mass is 16.2. The first-order chi connectivity index (χ1) is 13.6. The van der Waals surface area contributed by atoms with Crippen LogP contribution in [0.1, 0.15) is 42.9 Å². The van der Waals surface area contributed by atoms with Crippen molar-refractivity contribution in [2.45, 2.75) is 44.2 Å². The van der Waals surface area contributed by atoms with Gasteiger partial charge in [-0.2, -0.15) is 0 Å². The van der Waals surface area contributed by atoms with Crippen molar-refractivity contribution in [3.63, 3.8) is 0 Å². The Morgan fingerprint density at radius 3 is 2.46 bits per heavy atom. The number of nitrogens with zero attached hydrogens (tertiary/aromatic N) is 2. The van der Waals surface area contributed by atoms with Crippen molar-refractivity contribution in [1.29, 1.82) is 0 Å². The van der Waals surface area contributed by atoms with Crippen molar-refractivity contribution in [1.82, 2.24) is 20.4 Å². The van der Waals surface area contributed by atoms with Crippen LogP contribution in [0.2, 0.25) is 0 Å². The number of aryl methyl sites for hydroxylation is 1. The third-order valence-electron chi connectivity index (χ3n) is 5.84. The summed E-state index contributed by atoms with van der Waals surface area (Å²) in [5.41, 5.74) is 2.56. The number of carbonyl (C=O) groups is 3. The summed E-state index contributed by atoms with van der Waals surface area (Å²) in [6.45, 7) is 2.51. The lowest BCUT2D eigenvalue weighted by Gasteiger charge is -2.34. The van der Waals surface area contributed by atoms with Crippen LogP contribution in [0.3, 0.4) is 0 Å². The highest BCUT2D eigenvalue weighted by Gasteiger charge is 2.31. The molecule has 0 radical (unpaired) electrons. The molecule has 1 aromatic rings. The Morgan fingerprint density at radius 2 is 1.71 bits per heavy atom. The van der Waals surface area contributed by atoms with E-state index in [9.17, 15) is 14.4 Å². The number of fused-ring (bicyclic) bond motifs is 1. The number of hydrogen-bond acceptors (Lipinski definition) is 4. The SMILES string of the molecule is O=C(CN1CCN(C(=O)C(=O)NC2CC2)CC1)NC1CCCc2ccccc21. The summed E-state index contributed by atoms with van der Waals surface area (Å²) in [5, 5.41) is 5.92. The molecule has 0 spiro atoms. The van der Waals surface area contributed by atoms with Crippen LogP contribution in [0.25, 0.3) is 0 Å². The Balaban J connectivity index is 1.23. The van der Waals surface area contributed by atoms with Crippen molar-refractivity contribution < 1.29 is 14.4 Å². The molecule has 1 saturated heterocycles. The fourth-order valence-corrected chi connectivity index (χ4v) is 4.07. The molecule has 1 saturated carbocycles. The van der Waals surface area contributed by atoms with Gasteiger partial charge in [-0.25, -0.2) is 0 Å². The van der Waals surface area contributed by atoms with Gasteiger partial charge in [-0.05, 0) is 43.2 Å². The van der Waals surface area contributed by atoms with Gasteiger partial charge in [0.05, 0.1) is 12.6 Å². The molecular weight excluding hydrogens is 356 g/mol. The Bertz CT molecular complexity index is 754. The maximum absolute atomic E-state index is 12.5. The van der Waals surface area contributed by atoms with Crippen LogP contribution in [-0.2, 0) is 20.8 Å². The number of rotatable bonds is 4. The third-order valence-corrected chi connectivity index (χ3v) is 5.84. The zero-order chi connectivity index (χ0) is 19.5. The quantitative estimate of drug-likeness (QED) is 0.745. The van der Waals surface area contributed by atoms with Crippen LogP contribution in [0.4, 0.5) is 0 Å². The van der Waals surface area contributed by atoms with Crippen molar-refractivity contribution in [2.75, 3.05) is 32.7 Å². The molecule has 1 unspecified atom stereocenters. The van der Waals surface area contributed by atoms with Crippen molar-refractivity contribution in [2.24, 2.45) is 0 Å². The first kappa shape index (κ1) is 18.9. The molecule has 0 aromatic heterocycles. The van der Waals surface area contributed by atoms with E-state index in [1.807, 2.05) is 11.0 Å². The fourth-order valence-electron chi connectivity index (χ4n) is 4.07. The molecule has 3 aliphatic rings. The van der Waals surface area contributed by atoms with Gasteiger partial charge in [-0.3, -0.25) is 19.3 Å². The van der Waals surface area contributed by atoms with Gasteiger partial charge in [0.15, 0.2) is 0 Å². The zero-order valence-electron chi connectivity index (χ0n) is 16.2. The molecule has 1 atom stereocenters. The van der Waals surface area contributed by atoms with Crippen molar-refractivity contribution in [3.8, 4) is 0 Å². The predicted molar refractivity (Wildman–Crippen MR) is 104 cm³/mol. The van der Waals surface area contributed by atoms with Crippen molar-refractivity contribution >= 4 is 17.7 Å². The molecule has 1 heterocycles. The highest BCUT2D eigenvalue weighted by molar-refractivity contribution is 6.35. The molecular formula is C21H28N4O3. The van der Waals surface area contributed by atoms with Gasteiger partial charge in [0.25, 0.3) is 0 Å². The third kappa shape index (κ3) is 4.52. The molecule has 0 bridgehead atoms. The van der Waals surface area contributed by atoms with E-state index in [-0.39, 0.29) is 18.0 Å². The van der Waals surface area contributed by atoms with E-state index in [1.54, 1.807) is 4.90 Å². The smallest absolute Gasteiger partial charge is 0.311 e. The lowest BCUT2D eigenvalue weighted by molar-refractivity contribution is -0.147. The summed E-state index contributed by atoms with van der Waals surface area (Å²) in [7, 11) is 0. The van der Waals surface area contributed by atoms with E-state index < -0.39 is 11.8 Å². The summed E-state index contributed by atoms with van der Waals surface area (Å²) < 4.78 is 0. The Hall–Kier alpha value is -2.41. The number of piperazine rings is 1. The maximum atomic E-state index is 12.5. The largest absolute Gasteiger partial charge is 0.348 e. The average molecular weight is 384 g/mol. The van der Waals surface area contributed by atoms with Crippen LogP contribution in [0, 0.1) is 0 Å². The average Bonchev–Trinajstić information content (AvgIpc) is 3.52. The summed E-state index contributed by atoms with van der Waals surface area (Å²) in [5.74, 6) is -0.924. The summed E-state index contributed by atoms with van der Waals surface area (Å²) >= 11 is 0. The van der Waals surface area contributed by atoms with E-state index in [0.717, 1.165) is 32.1 Å². The lowest BCUT2D eigenvalue weighted by atomic mass is 9.88. The van der Waals surface area contributed by atoms with Crippen molar-refractivity contribution in [3.05, 3.63) is 35.4 Å². The van der Waals surface area contributed by atoms with Crippen LogP contribution in [-0.4, -0.2) is 66.3 Å². The summed E-state index contributed by atoms with van der Waals surface area (Å²) in [6.07, 6.45) is 5.07. The Morgan fingerprint density at radius 1 is 0.964 bits per heavy atom. The van der Waals surface area contributed by atoms with Crippen LogP contribution in [0.15, 0.2) is 24.3 Å². The Kier molecular flexibility index (Phi) is 5.62. The Labute approximate surface area is 165 Å². The van der Waals surface area contributed by atoms with E-state index in [0.29, 0.717) is 32.7 Å². The van der Waals surface area contributed by atoms with Gasteiger partial charge in [-0.1, -0.05) is 24.3 Å². The van der Waals surface area contributed by atoms with Crippen LogP contribution < -0.4 is 10.6 Å². The first-order valence-corrected chi connectivity index (χ1v) is 10.3. The minimum Gasteiger partial charge on any atom is -0.348 e. The van der Waals surface area contributed by atoms with Gasteiger partial charge in [0.1, 0.15) is 0 Å². The van der Waals surface area contributed by atoms with Gasteiger partial charge < -0.3 is 15.5 Å².